The number of sulfonamides is 1. The van der Waals surface area contributed by atoms with Crippen molar-refractivity contribution in [3.63, 3.8) is 0 Å². The number of rotatable bonds is 11. The van der Waals surface area contributed by atoms with Crippen LogP contribution in [0.15, 0.2) is 59.8 Å². The van der Waals surface area contributed by atoms with Gasteiger partial charge >= 0.3 is 0 Å². The van der Waals surface area contributed by atoms with Crippen LogP contribution in [0.1, 0.15) is 56.6 Å². The second-order valence-corrected chi connectivity index (χ2v) is 8.39. The van der Waals surface area contributed by atoms with Crippen molar-refractivity contribution in [2.75, 3.05) is 10.5 Å². The van der Waals surface area contributed by atoms with Crippen LogP contribution in [0.2, 0.25) is 0 Å². The summed E-state index contributed by atoms with van der Waals surface area (Å²) in [5.74, 6) is 0.0877. The van der Waals surface area contributed by atoms with Crippen molar-refractivity contribution < 1.29 is 13.6 Å². The van der Waals surface area contributed by atoms with Crippen LogP contribution in [0.25, 0.3) is 0 Å². The maximum absolute atomic E-state index is 12.5. The zero-order chi connectivity index (χ0) is 19.5. The first-order valence-electron chi connectivity index (χ1n) is 9.44. The van der Waals surface area contributed by atoms with Crippen molar-refractivity contribution in [3.8, 4) is 0 Å². The number of hydrogen-bond acceptors (Lipinski definition) is 4. The molecule has 146 valence electrons. The molecule has 0 bridgehead atoms. The molecule has 27 heavy (non-hydrogen) atoms. The van der Waals surface area contributed by atoms with Crippen molar-refractivity contribution in [1.82, 2.24) is 0 Å². The highest BCUT2D eigenvalue weighted by atomic mass is 32.2. The van der Waals surface area contributed by atoms with Crippen LogP contribution < -0.4 is 4.72 Å². The molecule has 0 aliphatic carbocycles. The minimum Gasteiger partial charge on any atom is -0.410 e. The van der Waals surface area contributed by atoms with Gasteiger partial charge in [-0.1, -0.05) is 92.7 Å². The predicted octanol–water partition coefficient (Wildman–Crippen LogP) is 5.02. The van der Waals surface area contributed by atoms with Crippen LogP contribution in [-0.2, 0) is 10.0 Å². The molecule has 0 saturated heterocycles. The summed E-state index contributed by atoms with van der Waals surface area (Å²) in [6, 6.07) is 16.1. The first-order valence-corrected chi connectivity index (χ1v) is 11.1. The standard InChI is InChI=1S/C21H28N2O3S/c1-2-3-4-5-6-12-17-27(25,26)23-20-16-11-10-15-19(20)21(22-24)18-13-8-7-9-14-18/h7-11,13-16,23-24H,2-6,12,17H2,1H3. The maximum atomic E-state index is 12.5. The molecule has 2 N–H and O–H groups in total. The summed E-state index contributed by atoms with van der Waals surface area (Å²) >= 11 is 0. The third-order valence-electron chi connectivity index (χ3n) is 4.36. The third kappa shape index (κ3) is 6.71. The van der Waals surface area contributed by atoms with E-state index in [9.17, 15) is 13.6 Å². The molecule has 0 fully saturated rings. The minimum atomic E-state index is -3.46. The Morgan fingerprint density at radius 2 is 1.56 bits per heavy atom. The van der Waals surface area contributed by atoms with Gasteiger partial charge in [-0.3, -0.25) is 4.72 Å². The lowest BCUT2D eigenvalue weighted by Crippen LogP contribution is -2.19. The average Bonchev–Trinajstić information content (AvgIpc) is 2.67. The molecule has 0 aliphatic rings. The molecule has 0 amide bonds. The van der Waals surface area contributed by atoms with Gasteiger partial charge in [-0.15, -0.1) is 0 Å². The van der Waals surface area contributed by atoms with Crippen LogP contribution >= 0.6 is 0 Å². The monoisotopic (exact) mass is 388 g/mol. The lowest BCUT2D eigenvalue weighted by Gasteiger charge is -2.13. The fraction of sp³-hybridized carbons (Fsp3) is 0.381. The Bertz CT molecular complexity index is 834. The Morgan fingerprint density at radius 1 is 0.926 bits per heavy atom. The molecule has 0 atom stereocenters. The van der Waals surface area contributed by atoms with Crippen molar-refractivity contribution in [2.45, 2.75) is 45.4 Å². The summed E-state index contributed by atoms with van der Waals surface area (Å²) < 4.78 is 27.6. The van der Waals surface area contributed by atoms with Gasteiger partial charge in [0.05, 0.1) is 11.4 Å². The van der Waals surface area contributed by atoms with Crippen molar-refractivity contribution >= 4 is 21.4 Å². The SMILES string of the molecule is CCCCCCCCS(=O)(=O)Nc1ccccc1C(=NO)c1ccccc1. The molecule has 2 rings (SSSR count). The highest BCUT2D eigenvalue weighted by Crippen LogP contribution is 2.21. The van der Waals surface area contributed by atoms with Crippen molar-refractivity contribution in [2.24, 2.45) is 5.16 Å². The lowest BCUT2D eigenvalue weighted by molar-refractivity contribution is 0.319. The molecule has 0 unspecified atom stereocenters. The summed E-state index contributed by atoms with van der Waals surface area (Å²) in [4.78, 5) is 0. The van der Waals surface area contributed by atoms with Crippen LogP contribution in [0.3, 0.4) is 0 Å². The summed E-state index contributed by atoms with van der Waals surface area (Å²) in [5.41, 5.74) is 1.99. The fourth-order valence-electron chi connectivity index (χ4n) is 2.93. The van der Waals surface area contributed by atoms with Gasteiger partial charge in [-0.05, 0) is 12.5 Å². The summed E-state index contributed by atoms with van der Waals surface area (Å²) in [6.07, 6.45) is 6.14. The Balaban J connectivity index is 2.09. The van der Waals surface area contributed by atoms with Crippen LogP contribution in [-0.4, -0.2) is 25.1 Å². The molecular formula is C21H28N2O3S. The minimum absolute atomic E-state index is 0.0877. The van der Waals surface area contributed by atoms with Crippen molar-refractivity contribution in [1.29, 1.82) is 0 Å². The molecular weight excluding hydrogens is 360 g/mol. The molecule has 0 saturated carbocycles. The Hall–Kier alpha value is -2.34. The van der Waals surface area contributed by atoms with Crippen LogP contribution in [0, 0.1) is 0 Å². The van der Waals surface area contributed by atoms with E-state index in [1.165, 1.54) is 12.8 Å². The van der Waals surface area contributed by atoms with Gasteiger partial charge in [0.15, 0.2) is 0 Å². The predicted molar refractivity (Wildman–Crippen MR) is 111 cm³/mol. The number of oxime groups is 1. The first-order chi connectivity index (χ1) is 13.1. The summed E-state index contributed by atoms with van der Waals surface area (Å²) in [5, 5.41) is 12.9. The van der Waals surface area contributed by atoms with E-state index in [1.54, 1.807) is 24.3 Å². The topological polar surface area (TPSA) is 78.8 Å². The molecule has 0 aliphatic heterocycles. The number of unbranched alkanes of at least 4 members (excludes halogenated alkanes) is 5. The quantitative estimate of drug-likeness (QED) is 0.246. The fourth-order valence-corrected chi connectivity index (χ4v) is 4.13. The normalized spacial score (nSPS) is 12.1. The largest absolute Gasteiger partial charge is 0.410 e. The number of benzene rings is 2. The van der Waals surface area contributed by atoms with Gasteiger partial charge in [0, 0.05) is 11.1 Å². The highest BCUT2D eigenvalue weighted by Gasteiger charge is 2.16. The van der Waals surface area contributed by atoms with Gasteiger partial charge in [0.25, 0.3) is 0 Å². The smallest absolute Gasteiger partial charge is 0.232 e. The molecule has 0 heterocycles. The van der Waals surface area contributed by atoms with Gasteiger partial charge in [-0.2, -0.15) is 0 Å². The highest BCUT2D eigenvalue weighted by molar-refractivity contribution is 7.92. The summed E-state index contributed by atoms with van der Waals surface area (Å²) in [7, 11) is -3.46. The average molecular weight is 389 g/mol. The number of anilines is 1. The van der Waals surface area contributed by atoms with Crippen molar-refractivity contribution in [3.05, 3.63) is 65.7 Å². The number of para-hydroxylation sites is 1. The van der Waals surface area contributed by atoms with E-state index < -0.39 is 10.0 Å². The summed E-state index contributed by atoms with van der Waals surface area (Å²) in [6.45, 7) is 2.16. The molecule has 2 aromatic carbocycles. The van der Waals surface area contributed by atoms with Crippen LogP contribution in [0.5, 0.6) is 0 Å². The maximum Gasteiger partial charge on any atom is 0.232 e. The van der Waals surface area contributed by atoms with E-state index in [0.29, 0.717) is 28.9 Å². The molecule has 0 radical (unpaired) electrons. The second kappa shape index (κ2) is 10.7. The second-order valence-electron chi connectivity index (χ2n) is 6.55. The molecule has 2 aromatic rings. The number of hydrogen-bond donors (Lipinski definition) is 2. The van der Waals surface area contributed by atoms with E-state index >= 15 is 0 Å². The molecule has 0 spiro atoms. The molecule has 6 heteroatoms. The molecule has 5 nitrogen and oxygen atoms in total. The van der Waals surface area contributed by atoms with Gasteiger partial charge in [0.1, 0.15) is 5.71 Å². The van der Waals surface area contributed by atoms with Gasteiger partial charge < -0.3 is 5.21 Å². The van der Waals surface area contributed by atoms with E-state index in [-0.39, 0.29) is 5.75 Å². The van der Waals surface area contributed by atoms with E-state index in [0.717, 1.165) is 19.3 Å². The Morgan fingerprint density at radius 3 is 2.26 bits per heavy atom. The van der Waals surface area contributed by atoms with E-state index in [1.807, 2.05) is 30.3 Å². The zero-order valence-electron chi connectivity index (χ0n) is 15.8. The third-order valence-corrected chi connectivity index (χ3v) is 5.72. The van der Waals surface area contributed by atoms with E-state index in [4.69, 9.17) is 0 Å². The number of nitrogens with zero attached hydrogens (tertiary/aromatic N) is 1. The zero-order valence-corrected chi connectivity index (χ0v) is 16.6. The van der Waals surface area contributed by atoms with Gasteiger partial charge in [0.2, 0.25) is 10.0 Å². The Labute approximate surface area is 162 Å². The molecule has 0 aromatic heterocycles. The Kier molecular flexibility index (Phi) is 8.33. The van der Waals surface area contributed by atoms with E-state index in [2.05, 4.69) is 16.8 Å². The van der Waals surface area contributed by atoms with Gasteiger partial charge in [-0.25, -0.2) is 8.42 Å². The lowest BCUT2D eigenvalue weighted by atomic mass is 10.0. The van der Waals surface area contributed by atoms with Crippen LogP contribution in [0.4, 0.5) is 5.69 Å². The first kappa shape index (κ1) is 21.0. The number of nitrogens with one attached hydrogen (secondary N) is 1.